The summed E-state index contributed by atoms with van der Waals surface area (Å²) in [7, 11) is 0. The second-order valence-corrected chi connectivity index (χ2v) is 3.93. The highest BCUT2D eigenvalue weighted by Crippen LogP contribution is 2.34. The van der Waals surface area contributed by atoms with E-state index in [4.69, 9.17) is 5.11 Å². The topological polar surface area (TPSA) is 40.5 Å². The van der Waals surface area contributed by atoms with Crippen LogP contribution in [0.3, 0.4) is 0 Å². The van der Waals surface area contributed by atoms with Crippen LogP contribution in [0.25, 0.3) is 0 Å². The van der Waals surface area contributed by atoms with Crippen LogP contribution < -0.4 is 0 Å². The molecule has 1 atom stereocenters. The lowest BCUT2D eigenvalue weighted by molar-refractivity contribution is 0.0868. The minimum atomic E-state index is -0.367. The molecule has 0 aliphatic heterocycles. The number of hydrogen-bond donors (Lipinski definition) is 2. The van der Waals surface area contributed by atoms with Crippen molar-refractivity contribution in [2.45, 2.75) is 26.4 Å². The smallest absolute Gasteiger partial charge is 0.0778 e. The minimum absolute atomic E-state index is 0.0752. The van der Waals surface area contributed by atoms with Crippen LogP contribution in [0.2, 0.25) is 0 Å². The summed E-state index contributed by atoms with van der Waals surface area (Å²) in [6.07, 6.45) is 5.90. The van der Waals surface area contributed by atoms with E-state index < -0.39 is 0 Å². The Morgan fingerprint density at radius 2 is 2.33 bits per heavy atom. The van der Waals surface area contributed by atoms with Gasteiger partial charge in [-0.2, -0.15) is 0 Å². The maximum absolute atomic E-state index is 9.55. The van der Waals surface area contributed by atoms with E-state index in [1.54, 1.807) is 12.2 Å². The molecule has 2 heteroatoms. The fourth-order valence-electron chi connectivity index (χ4n) is 1.42. The van der Waals surface area contributed by atoms with Crippen LogP contribution in [0.15, 0.2) is 23.8 Å². The predicted molar refractivity (Wildman–Crippen MR) is 48.7 cm³/mol. The zero-order valence-electron chi connectivity index (χ0n) is 7.62. The Labute approximate surface area is 73.2 Å². The van der Waals surface area contributed by atoms with Crippen LogP contribution in [0.1, 0.15) is 20.3 Å². The summed E-state index contributed by atoms with van der Waals surface area (Å²) >= 11 is 0. The van der Waals surface area contributed by atoms with Gasteiger partial charge in [-0.3, -0.25) is 0 Å². The third kappa shape index (κ3) is 1.96. The van der Waals surface area contributed by atoms with E-state index in [9.17, 15) is 5.11 Å². The van der Waals surface area contributed by atoms with Gasteiger partial charge in [-0.15, -0.1) is 0 Å². The molecule has 0 aromatic heterocycles. The molecule has 1 rings (SSSR count). The number of hydrogen-bond acceptors (Lipinski definition) is 2. The Morgan fingerprint density at radius 3 is 2.83 bits per heavy atom. The van der Waals surface area contributed by atoms with Crippen molar-refractivity contribution in [2.75, 3.05) is 6.61 Å². The van der Waals surface area contributed by atoms with E-state index in [0.29, 0.717) is 0 Å². The Morgan fingerprint density at radius 1 is 1.67 bits per heavy atom. The first kappa shape index (κ1) is 9.49. The van der Waals surface area contributed by atoms with Crippen molar-refractivity contribution >= 4 is 0 Å². The highest BCUT2D eigenvalue weighted by atomic mass is 16.3. The first-order valence-electron chi connectivity index (χ1n) is 4.22. The van der Waals surface area contributed by atoms with Crippen LogP contribution in [0.4, 0.5) is 0 Å². The molecule has 0 saturated heterocycles. The van der Waals surface area contributed by atoms with Crippen LogP contribution in [-0.4, -0.2) is 22.9 Å². The van der Waals surface area contributed by atoms with Crippen LogP contribution >= 0.6 is 0 Å². The second kappa shape index (κ2) is 3.42. The first-order chi connectivity index (χ1) is 5.56. The highest BCUT2D eigenvalue weighted by molar-refractivity contribution is 5.26. The van der Waals surface area contributed by atoms with Crippen molar-refractivity contribution in [3.05, 3.63) is 23.8 Å². The van der Waals surface area contributed by atoms with Gasteiger partial charge in [0, 0.05) is 0 Å². The monoisotopic (exact) mass is 168 g/mol. The third-order valence-electron chi connectivity index (χ3n) is 2.31. The van der Waals surface area contributed by atoms with Crippen molar-refractivity contribution in [2.24, 2.45) is 5.41 Å². The predicted octanol–water partition coefficient (Wildman–Crippen LogP) is 1.25. The standard InChI is InChI=1S/C10H16O2/c1-10(2)7-8(5-6-11)3-4-9(10)12/h3-5,9,11-12H,6-7H2,1-2H3/b8-5+/t9-/m1/s1. The molecule has 0 bridgehead atoms. The first-order valence-corrected chi connectivity index (χ1v) is 4.22. The second-order valence-electron chi connectivity index (χ2n) is 3.93. The molecule has 0 fully saturated rings. The van der Waals surface area contributed by atoms with Gasteiger partial charge in [0.05, 0.1) is 12.7 Å². The summed E-state index contributed by atoms with van der Waals surface area (Å²) in [4.78, 5) is 0. The molecule has 0 unspecified atom stereocenters. The van der Waals surface area contributed by atoms with E-state index in [1.165, 1.54) is 0 Å². The average molecular weight is 168 g/mol. The molecular weight excluding hydrogens is 152 g/mol. The SMILES string of the molecule is CC1(C)C/C(=C/CO)C=C[C@H]1O. The molecule has 0 amide bonds. The number of aliphatic hydroxyl groups excluding tert-OH is 2. The summed E-state index contributed by atoms with van der Waals surface area (Å²) in [5, 5.41) is 18.2. The van der Waals surface area contributed by atoms with Crippen molar-refractivity contribution in [3.8, 4) is 0 Å². The molecule has 0 heterocycles. The van der Waals surface area contributed by atoms with Crippen LogP contribution in [-0.2, 0) is 0 Å². The molecule has 0 spiro atoms. The van der Waals surface area contributed by atoms with E-state index in [-0.39, 0.29) is 18.1 Å². The van der Waals surface area contributed by atoms with Gasteiger partial charge in [0.25, 0.3) is 0 Å². The lowest BCUT2D eigenvalue weighted by atomic mass is 9.76. The van der Waals surface area contributed by atoms with Crippen molar-refractivity contribution in [3.63, 3.8) is 0 Å². The maximum atomic E-state index is 9.55. The fraction of sp³-hybridized carbons (Fsp3) is 0.600. The molecule has 2 nitrogen and oxygen atoms in total. The summed E-state index contributed by atoms with van der Waals surface area (Å²) in [5.41, 5.74) is 1.00. The Hall–Kier alpha value is -0.600. The lowest BCUT2D eigenvalue weighted by Crippen LogP contribution is -2.30. The zero-order chi connectivity index (χ0) is 9.19. The molecule has 1 aliphatic carbocycles. The van der Waals surface area contributed by atoms with Gasteiger partial charge >= 0.3 is 0 Å². The number of allylic oxidation sites excluding steroid dienone is 2. The maximum Gasteiger partial charge on any atom is 0.0778 e. The Balaban J connectivity index is 2.79. The van der Waals surface area contributed by atoms with Gasteiger partial charge in [-0.1, -0.05) is 32.1 Å². The van der Waals surface area contributed by atoms with Gasteiger partial charge in [0.15, 0.2) is 0 Å². The average Bonchev–Trinajstić information content (AvgIpc) is 1.97. The molecule has 68 valence electrons. The van der Waals surface area contributed by atoms with Crippen molar-refractivity contribution < 1.29 is 10.2 Å². The van der Waals surface area contributed by atoms with Crippen molar-refractivity contribution in [1.82, 2.24) is 0 Å². The summed E-state index contributed by atoms with van der Waals surface area (Å²) in [6.45, 7) is 4.12. The lowest BCUT2D eigenvalue weighted by Gasteiger charge is -2.32. The number of aliphatic hydroxyl groups is 2. The third-order valence-corrected chi connectivity index (χ3v) is 2.31. The molecule has 0 aromatic carbocycles. The minimum Gasteiger partial charge on any atom is -0.392 e. The van der Waals surface area contributed by atoms with Gasteiger partial charge in [0.1, 0.15) is 0 Å². The summed E-state index contributed by atoms with van der Waals surface area (Å²) in [6, 6.07) is 0. The molecular formula is C10H16O2. The molecule has 0 aromatic rings. The molecule has 12 heavy (non-hydrogen) atoms. The quantitative estimate of drug-likeness (QED) is 0.618. The largest absolute Gasteiger partial charge is 0.392 e. The van der Waals surface area contributed by atoms with Crippen LogP contribution in [0.5, 0.6) is 0 Å². The molecule has 1 aliphatic rings. The summed E-state index contributed by atoms with van der Waals surface area (Å²) < 4.78 is 0. The van der Waals surface area contributed by atoms with Gasteiger partial charge in [0.2, 0.25) is 0 Å². The normalized spacial score (nSPS) is 31.0. The fourth-order valence-corrected chi connectivity index (χ4v) is 1.42. The van der Waals surface area contributed by atoms with E-state index >= 15 is 0 Å². The Kier molecular flexibility index (Phi) is 2.70. The molecule has 2 N–H and O–H groups in total. The van der Waals surface area contributed by atoms with E-state index in [1.807, 2.05) is 19.9 Å². The van der Waals surface area contributed by atoms with Gasteiger partial charge in [-0.05, 0) is 17.4 Å². The van der Waals surface area contributed by atoms with E-state index in [0.717, 1.165) is 12.0 Å². The van der Waals surface area contributed by atoms with Gasteiger partial charge in [-0.25, -0.2) is 0 Å². The van der Waals surface area contributed by atoms with Gasteiger partial charge < -0.3 is 10.2 Å². The highest BCUT2D eigenvalue weighted by Gasteiger charge is 2.29. The molecule has 0 radical (unpaired) electrons. The van der Waals surface area contributed by atoms with E-state index in [2.05, 4.69) is 0 Å². The van der Waals surface area contributed by atoms with Crippen molar-refractivity contribution in [1.29, 1.82) is 0 Å². The van der Waals surface area contributed by atoms with Crippen LogP contribution in [0, 0.1) is 5.41 Å². The Bertz CT molecular complexity index is 214. The summed E-state index contributed by atoms with van der Waals surface area (Å²) in [5.74, 6) is 0. The zero-order valence-corrected chi connectivity index (χ0v) is 7.62. The molecule has 0 saturated carbocycles. The number of rotatable bonds is 1.